The van der Waals surface area contributed by atoms with Crippen molar-refractivity contribution in [3.05, 3.63) is 89.4 Å². The molecule has 2 heterocycles. The summed E-state index contributed by atoms with van der Waals surface area (Å²) in [5.74, 6) is 0.471. The molecule has 0 unspecified atom stereocenters. The number of piperazine rings is 1. The van der Waals surface area contributed by atoms with Crippen molar-refractivity contribution in [2.45, 2.75) is 51.2 Å². The first-order chi connectivity index (χ1) is 17.6. The summed E-state index contributed by atoms with van der Waals surface area (Å²) in [4.78, 5) is 19.2. The van der Waals surface area contributed by atoms with Gasteiger partial charge in [-0.2, -0.15) is 0 Å². The van der Waals surface area contributed by atoms with E-state index in [0.717, 1.165) is 24.2 Å². The van der Waals surface area contributed by atoms with E-state index < -0.39 is 0 Å². The Kier molecular flexibility index (Phi) is 7.66. The molecule has 1 aromatic heterocycles. The molecule has 7 heteroatoms. The predicted molar refractivity (Wildman–Crippen MR) is 136 cm³/mol. The second kappa shape index (κ2) is 11.2. The second-order valence-electron chi connectivity index (χ2n) is 9.82. The molecule has 1 saturated heterocycles. The summed E-state index contributed by atoms with van der Waals surface area (Å²) in [6.45, 7) is 3.39. The van der Waals surface area contributed by atoms with Crippen molar-refractivity contribution in [1.82, 2.24) is 9.80 Å². The fraction of sp³-hybridized carbons (Fsp3) is 0.414. The largest absolute Gasteiger partial charge is 0.455 e. The summed E-state index contributed by atoms with van der Waals surface area (Å²) in [5.41, 5.74) is 1.52. The summed E-state index contributed by atoms with van der Waals surface area (Å²) in [5, 5.41) is 0. The van der Waals surface area contributed by atoms with E-state index >= 15 is 0 Å². The summed E-state index contributed by atoms with van der Waals surface area (Å²) in [7, 11) is 0. The van der Waals surface area contributed by atoms with Gasteiger partial charge in [0.05, 0.1) is 12.2 Å². The minimum absolute atomic E-state index is 0.135. The van der Waals surface area contributed by atoms with Gasteiger partial charge < -0.3 is 14.2 Å². The van der Waals surface area contributed by atoms with Gasteiger partial charge in [0.1, 0.15) is 17.4 Å². The molecular weight excluding hydrogens is 460 g/mol. The third-order valence-corrected chi connectivity index (χ3v) is 7.36. The second-order valence-corrected chi connectivity index (χ2v) is 9.82. The number of halogens is 2. The molecule has 0 N–H and O–H groups in total. The van der Waals surface area contributed by atoms with E-state index in [9.17, 15) is 13.6 Å². The van der Waals surface area contributed by atoms with Crippen LogP contribution in [0.2, 0.25) is 0 Å². The number of carbonyl (C=O) groups is 1. The van der Waals surface area contributed by atoms with Gasteiger partial charge in [0.15, 0.2) is 5.76 Å². The van der Waals surface area contributed by atoms with Crippen molar-refractivity contribution < 1.29 is 18.0 Å². The number of hydrogen-bond acceptors (Lipinski definition) is 4. The Labute approximate surface area is 211 Å². The standard InChI is InChI=1S/C29H33F2N3O2/c30-23-8-6-7-22(19-23)20-34(24-9-2-1-3-10-24)21-25-13-14-28(36-25)29(35)33-17-15-32(16-18-33)27-12-5-4-11-26(27)31/h4-8,11-14,19,24H,1-3,9-10,15-18,20-21H2. The van der Waals surface area contributed by atoms with E-state index in [1.54, 1.807) is 35.2 Å². The van der Waals surface area contributed by atoms with E-state index in [0.29, 0.717) is 56.8 Å². The molecule has 2 aromatic carbocycles. The number of para-hydroxylation sites is 1. The highest BCUT2D eigenvalue weighted by Gasteiger charge is 2.27. The van der Waals surface area contributed by atoms with Crippen LogP contribution in [0.15, 0.2) is 65.1 Å². The molecule has 0 spiro atoms. The predicted octanol–water partition coefficient (Wildman–Crippen LogP) is 5.86. The molecular formula is C29H33F2N3O2. The maximum absolute atomic E-state index is 14.1. The normalized spacial score (nSPS) is 17.1. The van der Waals surface area contributed by atoms with Crippen LogP contribution in [-0.4, -0.2) is 47.9 Å². The van der Waals surface area contributed by atoms with Crippen molar-refractivity contribution >= 4 is 11.6 Å². The number of amides is 1. The Morgan fingerprint density at radius 3 is 2.42 bits per heavy atom. The third kappa shape index (κ3) is 5.78. The molecule has 36 heavy (non-hydrogen) atoms. The Hall–Kier alpha value is -3.19. The van der Waals surface area contributed by atoms with Crippen molar-refractivity contribution in [2.24, 2.45) is 0 Å². The third-order valence-electron chi connectivity index (χ3n) is 7.36. The van der Waals surface area contributed by atoms with Crippen molar-refractivity contribution in [2.75, 3.05) is 31.1 Å². The molecule has 5 nitrogen and oxygen atoms in total. The van der Waals surface area contributed by atoms with Crippen LogP contribution in [0, 0.1) is 11.6 Å². The summed E-state index contributed by atoms with van der Waals surface area (Å²) >= 11 is 0. The number of anilines is 1. The summed E-state index contributed by atoms with van der Waals surface area (Å²) in [6, 6.07) is 17.5. The van der Waals surface area contributed by atoms with Gasteiger partial charge in [0.25, 0.3) is 5.91 Å². The Balaban J connectivity index is 1.23. The molecule has 0 radical (unpaired) electrons. The van der Waals surface area contributed by atoms with Gasteiger partial charge in [-0.3, -0.25) is 9.69 Å². The first kappa shape index (κ1) is 24.5. The number of rotatable bonds is 7. The fourth-order valence-electron chi connectivity index (χ4n) is 5.42. The monoisotopic (exact) mass is 493 g/mol. The number of carbonyl (C=O) groups excluding carboxylic acids is 1. The van der Waals surface area contributed by atoms with Crippen LogP contribution in [0.5, 0.6) is 0 Å². The van der Waals surface area contributed by atoms with Gasteiger partial charge in [-0.25, -0.2) is 8.78 Å². The summed E-state index contributed by atoms with van der Waals surface area (Å²) in [6.07, 6.45) is 5.90. The molecule has 1 aliphatic carbocycles. The molecule has 2 aliphatic rings. The van der Waals surface area contributed by atoms with Crippen molar-refractivity contribution in [3.8, 4) is 0 Å². The zero-order valence-corrected chi connectivity index (χ0v) is 20.5. The highest BCUT2D eigenvalue weighted by molar-refractivity contribution is 5.91. The van der Waals surface area contributed by atoms with Gasteiger partial charge in [0.2, 0.25) is 0 Å². The highest BCUT2D eigenvalue weighted by atomic mass is 19.1. The molecule has 190 valence electrons. The average molecular weight is 494 g/mol. The maximum Gasteiger partial charge on any atom is 0.289 e. The number of nitrogens with zero attached hydrogens (tertiary/aromatic N) is 3. The molecule has 0 bridgehead atoms. The maximum atomic E-state index is 14.1. The van der Waals surface area contributed by atoms with E-state index in [1.165, 1.54) is 31.4 Å². The lowest BCUT2D eigenvalue weighted by atomic mass is 9.93. The van der Waals surface area contributed by atoms with Gasteiger partial charge in [0, 0.05) is 38.8 Å². The lowest BCUT2D eigenvalue weighted by molar-refractivity contribution is 0.0707. The number of furan rings is 1. The van der Waals surface area contributed by atoms with Crippen LogP contribution in [0.1, 0.15) is 54.0 Å². The Morgan fingerprint density at radius 1 is 0.889 bits per heavy atom. The van der Waals surface area contributed by atoms with Crippen molar-refractivity contribution in [3.63, 3.8) is 0 Å². The van der Waals surface area contributed by atoms with Crippen LogP contribution in [0.3, 0.4) is 0 Å². The molecule has 1 saturated carbocycles. The lowest BCUT2D eigenvalue weighted by Crippen LogP contribution is -2.49. The van der Waals surface area contributed by atoms with E-state index in [2.05, 4.69) is 4.90 Å². The SMILES string of the molecule is O=C(c1ccc(CN(Cc2cccc(F)c2)C2CCCCC2)o1)N1CCN(c2ccccc2F)CC1. The molecule has 0 atom stereocenters. The van der Waals surface area contributed by atoms with E-state index in [-0.39, 0.29) is 17.5 Å². The Morgan fingerprint density at radius 2 is 1.67 bits per heavy atom. The van der Waals surface area contributed by atoms with Crippen LogP contribution < -0.4 is 4.90 Å². The van der Waals surface area contributed by atoms with Gasteiger partial charge in [-0.1, -0.05) is 43.5 Å². The molecule has 1 aliphatic heterocycles. The zero-order chi connectivity index (χ0) is 24.9. The minimum atomic E-state index is -0.242. The van der Waals surface area contributed by atoms with Gasteiger partial charge in [-0.05, 0) is 54.8 Å². The van der Waals surface area contributed by atoms with Crippen LogP contribution in [0.25, 0.3) is 0 Å². The zero-order valence-electron chi connectivity index (χ0n) is 20.5. The quantitative estimate of drug-likeness (QED) is 0.414. The highest BCUT2D eigenvalue weighted by Crippen LogP contribution is 2.27. The topological polar surface area (TPSA) is 39.9 Å². The minimum Gasteiger partial charge on any atom is -0.455 e. The average Bonchev–Trinajstić information content (AvgIpc) is 3.37. The van der Waals surface area contributed by atoms with E-state index in [1.807, 2.05) is 23.1 Å². The van der Waals surface area contributed by atoms with E-state index in [4.69, 9.17) is 4.42 Å². The molecule has 1 amide bonds. The first-order valence-electron chi connectivity index (χ1n) is 12.9. The lowest BCUT2D eigenvalue weighted by Gasteiger charge is -2.35. The number of hydrogen-bond donors (Lipinski definition) is 0. The van der Waals surface area contributed by atoms with Crippen molar-refractivity contribution in [1.29, 1.82) is 0 Å². The molecule has 2 fully saturated rings. The molecule has 5 rings (SSSR count). The van der Waals surface area contributed by atoms with Gasteiger partial charge >= 0.3 is 0 Å². The summed E-state index contributed by atoms with van der Waals surface area (Å²) < 4.78 is 34.0. The van der Waals surface area contributed by atoms with Crippen LogP contribution in [0.4, 0.5) is 14.5 Å². The smallest absolute Gasteiger partial charge is 0.289 e. The first-order valence-corrected chi connectivity index (χ1v) is 12.9. The van der Waals surface area contributed by atoms with Crippen LogP contribution in [-0.2, 0) is 13.1 Å². The van der Waals surface area contributed by atoms with Crippen LogP contribution >= 0.6 is 0 Å². The van der Waals surface area contributed by atoms with Gasteiger partial charge in [-0.15, -0.1) is 0 Å². The fourth-order valence-corrected chi connectivity index (χ4v) is 5.42. The Bertz CT molecular complexity index is 1170. The number of benzene rings is 2. The molecule has 3 aromatic rings.